The van der Waals surface area contributed by atoms with Crippen LogP contribution in [0.1, 0.15) is 23.7 Å². The number of hydrogen-bond acceptors (Lipinski definition) is 6. The Morgan fingerprint density at radius 1 is 1.08 bits per heavy atom. The SMILES string of the molecule is Cn1cc(-c2c[nH]c(/C(=N\C=N)N3CCN(c4ncc([C@@](C)(O)c5ccc(Cl)cc5)cn4)CC3)c2)cn1. The zero-order valence-corrected chi connectivity index (χ0v) is 21.4. The molecule has 0 amide bonds. The first-order valence-electron chi connectivity index (χ1n) is 11.9. The highest BCUT2D eigenvalue weighted by Crippen LogP contribution is 2.29. The Balaban J connectivity index is 1.26. The molecule has 0 bridgehead atoms. The molecule has 1 fully saturated rings. The number of amidine groups is 1. The second-order valence-electron chi connectivity index (χ2n) is 9.11. The van der Waals surface area contributed by atoms with E-state index in [1.54, 1.807) is 48.3 Å². The topological polar surface area (TPSA) is 122 Å². The number of nitrogens with zero attached hydrogens (tertiary/aromatic N) is 7. The molecule has 4 aromatic rings. The minimum Gasteiger partial charge on any atom is -0.381 e. The van der Waals surface area contributed by atoms with Crippen molar-refractivity contribution in [1.29, 1.82) is 5.41 Å². The summed E-state index contributed by atoms with van der Waals surface area (Å²) in [5.41, 5.74) is 2.97. The third kappa shape index (κ3) is 5.11. The normalized spacial score (nSPS) is 16.1. The number of rotatable bonds is 6. The molecular weight excluding hydrogens is 490 g/mol. The highest BCUT2D eigenvalue weighted by Gasteiger charge is 2.28. The number of aliphatic imine (C=N–C) groups is 1. The van der Waals surface area contributed by atoms with Crippen LogP contribution in [0.25, 0.3) is 11.1 Å². The third-order valence-electron chi connectivity index (χ3n) is 6.62. The average Bonchev–Trinajstić information content (AvgIpc) is 3.57. The Hall–Kier alpha value is -4.02. The maximum absolute atomic E-state index is 11.1. The first kappa shape index (κ1) is 24.7. The number of halogens is 1. The lowest BCUT2D eigenvalue weighted by atomic mass is 9.90. The van der Waals surface area contributed by atoms with Crippen LogP contribution in [0.5, 0.6) is 0 Å². The van der Waals surface area contributed by atoms with Crippen LogP contribution in [0.4, 0.5) is 5.95 Å². The Morgan fingerprint density at radius 3 is 2.41 bits per heavy atom. The molecule has 1 aromatic carbocycles. The fraction of sp³-hybridized carbons (Fsp3) is 0.269. The quantitative estimate of drug-likeness (QED) is 0.266. The van der Waals surface area contributed by atoms with Gasteiger partial charge in [-0.1, -0.05) is 23.7 Å². The van der Waals surface area contributed by atoms with Gasteiger partial charge in [0.25, 0.3) is 0 Å². The fourth-order valence-corrected chi connectivity index (χ4v) is 4.56. The smallest absolute Gasteiger partial charge is 0.225 e. The summed E-state index contributed by atoms with van der Waals surface area (Å²) in [7, 11) is 1.89. The Labute approximate surface area is 219 Å². The van der Waals surface area contributed by atoms with Crippen molar-refractivity contribution >= 4 is 29.7 Å². The van der Waals surface area contributed by atoms with E-state index < -0.39 is 5.60 Å². The van der Waals surface area contributed by atoms with Gasteiger partial charge in [0.2, 0.25) is 5.95 Å². The van der Waals surface area contributed by atoms with E-state index in [1.807, 2.05) is 31.7 Å². The lowest BCUT2D eigenvalue weighted by Crippen LogP contribution is -2.49. The van der Waals surface area contributed by atoms with Gasteiger partial charge in [-0.25, -0.2) is 15.0 Å². The molecule has 3 N–H and O–H groups in total. The molecule has 1 aliphatic heterocycles. The van der Waals surface area contributed by atoms with E-state index in [0.29, 0.717) is 42.7 Å². The largest absolute Gasteiger partial charge is 0.381 e. The Bertz CT molecular complexity index is 1400. The molecule has 0 unspecified atom stereocenters. The summed E-state index contributed by atoms with van der Waals surface area (Å²) >= 11 is 5.99. The van der Waals surface area contributed by atoms with E-state index in [2.05, 4.69) is 34.8 Å². The van der Waals surface area contributed by atoms with Crippen molar-refractivity contribution in [2.45, 2.75) is 12.5 Å². The minimum absolute atomic E-state index is 0.605. The summed E-state index contributed by atoms with van der Waals surface area (Å²) < 4.78 is 1.77. The second-order valence-corrected chi connectivity index (χ2v) is 9.55. The van der Waals surface area contributed by atoms with Crippen molar-refractivity contribution in [2.24, 2.45) is 12.0 Å². The van der Waals surface area contributed by atoms with Crippen LogP contribution >= 0.6 is 11.6 Å². The second kappa shape index (κ2) is 10.2. The molecule has 190 valence electrons. The predicted octanol–water partition coefficient (Wildman–Crippen LogP) is 3.29. The van der Waals surface area contributed by atoms with Crippen molar-refractivity contribution in [1.82, 2.24) is 29.6 Å². The van der Waals surface area contributed by atoms with Gasteiger partial charge in [0.15, 0.2) is 5.84 Å². The standard InChI is InChI=1S/C26H28ClN9O/c1-26(37,20-3-5-22(27)6-4-20)21-14-30-25(31-15-21)36-9-7-35(8-10-36)24(32-17-28)23-11-18(12-29-23)19-13-33-34(2)16-19/h3-6,11-17,28-29,37H,7-10H2,1-2H3/b28-17?,32-24+/t26-/m0/s1. The van der Waals surface area contributed by atoms with Gasteiger partial charge in [0, 0.05) is 79.7 Å². The van der Waals surface area contributed by atoms with E-state index in [-0.39, 0.29) is 0 Å². The zero-order chi connectivity index (χ0) is 26.0. The van der Waals surface area contributed by atoms with Crippen LogP contribution < -0.4 is 4.90 Å². The molecule has 0 radical (unpaired) electrons. The molecule has 5 rings (SSSR count). The van der Waals surface area contributed by atoms with E-state index in [0.717, 1.165) is 34.6 Å². The van der Waals surface area contributed by atoms with Crippen LogP contribution in [-0.4, -0.2) is 73.1 Å². The summed E-state index contributed by atoms with van der Waals surface area (Å²) in [6, 6.07) is 9.13. The van der Waals surface area contributed by atoms with Gasteiger partial charge in [-0.15, -0.1) is 0 Å². The summed E-state index contributed by atoms with van der Waals surface area (Å²) in [5.74, 6) is 1.33. The van der Waals surface area contributed by atoms with Gasteiger partial charge in [-0.3, -0.25) is 10.1 Å². The van der Waals surface area contributed by atoms with Gasteiger partial charge < -0.3 is 19.9 Å². The number of hydrogen-bond donors (Lipinski definition) is 3. The number of H-pyrrole nitrogens is 1. The highest BCUT2D eigenvalue weighted by molar-refractivity contribution is 6.30. The molecular formula is C26H28ClN9O. The molecule has 10 nitrogen and oxygen atoms in total. The minimum atomic E-state index is -1.23. The van der Waals surface area contributed by atoms with Gasteiger partial charge >= 0.3 is 0 Å². The van der Waals surface area contributed by atoms with Crippen molar-refractivity contribution in [3.63, 3.8) is 0 Å². The number of aliphatic hydroxyl groups is 1. The molecule has 0 spiro atoms. The number of piperazine rings is 1. The van der Waals surface area contributed by atoms with Crippen LogP contribution in [-0.2, 0) is 12.6 Å². The summed E-state index contributed by atoms with van der Waals surface area (Å²) in [4.78, 5) is 21.0. The third-order valence-corrected chi connectivity index (χ3v) is 6.87. The number of nitrogens with one attached hydrogen (secondary N) is 2. The monoisotopic (exact) mass is 517 g/mol. The summed E-state index contributed by atoms with van der Waals surface area (Å²) in [6.07, 6.45) is 10.1. The van der Waals surface area contributed by atoms with Crippen molar-refractivity contribution in [3.8, 4) is 11.1 Å². The molecule has 1 atom stereocenters. The number of aryl methyl sites for hydroxylation is 1. The Morgan fingerprint density at radius 2 is 1.78 bits per heavy atom. The van der Waals surface area contributed by atoms with Gasteiger partial charge in [-0.2, -0.15) is 5.10 Å². The van der Waals surface area contributed by atoms with Crippen molar-refractivity contribution in [2.75, 3.05) is 31.1 Å². The van der Waals surface area contributed by atoms with E-state index in [9.17, 15) is 5.11 Å². The predicted molar refractivity (Wildman–Crippen MR) is 144 cm³/mol. The number of aromatic amines is 1. The molecule has 1 saturated heterocycles. The first-order chi connectivity index (χ1) is 17.8. The maximum Gasteiger partial charge on any atom is 0.225 e. The van der Waals surface area contributed by atoms with Crippen molar-refractivity contribution < 1.29 is 5.11 Å². The van der Waals surface area contributed by atoms with Crippen LogP contribution in [0, 0.1) is 5.41 Å². The van der Waals surface area contributed by atoms with Crippen LogP contribution in [0.3, 0.4) is 0 Å². The molecule has 0 saturated carbocycles. The first-order valence-corrected chi connectivity index (χ1v) is 12.3. The van der Waals surface area contributed by atoms with E-state index in [1.165, 1.54) is 0 Å². The summed E-state index contributed by atoms with van der Waals surface area (Å²) in [5, 5.41) is 23.5. The maximum atomic E-state index is 11.1. The number of aromatic nitrogens is 5. The highest BCUT2D eigenvalue weighted by atomic mass is 35.5. The van der Waals surface area contributed by atoms with E-state index in [4.69, 9.17) is 17.0 Å². The van der Waals surface area contributed by atoms with Gasteiger partial charge in [0.1, 0.15) is 11.9 Å². The Kier molecular flexibility index (Phi) is 6.77. The summed E-state index contributed by atoms with van der Waals surface area (Å²) in [6.45, 7) is 4.50. The van der Waals surface area contributed by atoms with Gasteiger partial charge in [-0.05, 0) is 30.7 Å². The lowest BCUT2D eigenvalue weighted by Gasteiger charge is -2.36. The average molecular weight is 518 g/mol. The van der Waals surface area contributed by atoms with E-state index >= 15 is 0 Å². The molecule has 11 heteroatoms. The molecule has 37 heavy (non-hydrogen) atoms. The van der Waals surface area contributed by atoms with Gasteiger partial charge in [0.05, 0.1) is 11.9 Å². The van der Waals surface area contributed by atoms with Crippen LogP contribution in [0.15, 0.2) is 66.3 Å². The molecule has 0 aliphatic carbocycles. The number of anilines is 1. The van der Waals surface area contributed by atoms with Crippen molar-refractivity contribution in [3.05, 3.63) is 83.2 Å². The number of benzene rings is 1. The molecule has 4 heterocycles. The zero-order valence-electron chi connectivity index (χ0n) is 20.6. The molecule has 3 aromatic heterocycles. The van der Waals surface area contributed by atoms with Crippen LogP contribution in [0.2, 0.25) is 5.02 Å². The molecule has 1 aliphatic rings. The lowest BCUT2D eigenvalue weighted by molar-refractivity contribution is 0.101. The fourth-order valence-electron chi connectivity index (χ4n) is 4.44.